The molecule has 0 aliphatic rings. The van der Waals surface area contributed by atoms with Crippen LogP contribution in [0.5, 0.6) is 0 Å². The number of carboxylic acid groups (broad SMARTS) is 1. The van der Waals surface area contributed by atoms with Gasteiger partial charge in [0.1, 0.15) is 5.82 Å². The third kappa shape index (κ3) is 4.68. The molecule has 0 atom stereocenters. The number of carboxylic acids is 1. The van der Waals surface area contributed by atoms with E-state index in [-0.39, 0.29) is 0 Å². The van der Waals surface area contributed by atoms with Gasteiger partial charge < -0.3 is 10.1 Å². The monoisotopic (exact) mass is 274 g/mol. The molecule has 108 valence electrons. The van der Waals surface area contributed by atoms with Crippen molar-refractivity contribution in [1.29, 1.82) is 0 Å². The molecule has 0 aliphatic heterocycles. The number of hydrogen-bond acceptors (Lipinski definition) is 2. The number of para-hydroxylation sites is 2. The molecule has 0 fully saturated rings. The lowest BCUT2D eigenvalue weighted by Gasteiger charge is -2.00. The number of nitrogens with zero attached hydrogens (tertiary/aromatic N) is 1. The molecule has 1 heterocycles. The van der Waals surface area contributed by atoms with Crippen LogP contribution in [-0.4, -0.2) is 21.0 Å². The fourth-order valence-electron chi connectivity index (χ4n) is 2.40. The zero-order chi connectivity index (χ0) is 14.2. The van der Waals surface area contributed by atoms with Gasteiger partial charge in [-0.1, -0.05) is 37.8 Å². The van der Waals surface area contributed by atoms with E-state index in [1.807, 2.05) is 24.3 Å². The highest BCUT2D eigenvalue weighted by molar-refractivity contribution is 5.74. The SMILES string of the molecule is O=C(O)CCCCCCCCc1nc2ccccc2[nH]1. The first-order valence-electron chi connectivity index (χ1n) is 7.41. The number of aromatic amines is 1. The first kappa shape index (κ1) is 14.6. The molecule has 0 radical (unpaired) electrons. The lowest BCUT2D eigenvalue weighted by Crippen LogP contribution is -1.93. The molecule has 20 heavy (non-hydrogen) atoms. The molecule has 0 aliphatic carbocycles. The minimum Gasteiger partial charge on any atom is -0.481 e. The molecule has 1 aromatic heterocycles. The summed E-state index contributed by atoms with van der Waals surface area (Å²) in [4.78, 5) is 18.3. The quantitative estimate of drug-likeness (QED) is 0.681. The van der Waals surface area contributed by atoms with Crippen LogP contribution in [0.1, 0.15) is 50.8 Å². The maximum Gasteiger partial charge on any atom is 0.303 e. The number of aliphatic carboxylic acids is 1. The van der Waals surface area contributed by atoms with E-state index in [0.717, 1.165) is 49.0 Å². The Hall–Kier alpha value is -1.84. The molecule has 0 bridgehead atoms. The number of fused-ring (bicyclic) bond motifs is 1. The summed E-state index contributed by atoms with van der Waals surface area (Å²) in [5, 5.41) is 8.53. The maximum absolute atomic E-state index is 10.4. The van der Waals surface area contributed by atoms with Gasteiger partial charge in [-0.3, -0.25) is 4.79 Å². The van der Waals surface area contributed by atoms with Crippen LogP contribution >= 0.6 is 0 Å². The van der Waals surface area contributed by atoms with Gasteiger partial charge in [0.05, 0.1) is 11.0 Å². The largest absolute Gasteiger partial charge is 0.481 e. The van der Waals surface area contributed by atoms with E-state index in [1.54, 1.807) is 0 Å². The van der Waals surface area contributed by atoms with E-state index in [9.17, 15) is 4.79 Å². The van der Waals surface area contributed by atoms with Crippen LogP contribution in [0.4, 0.5) is 0 Å². The fraction of sp³-hybridized carbons (Fsp3) is 0.500. The number of nitrogens with one attached hydrogen (secondary N) is 1. The van der Waals surface area contributed by atoms with Gasteiger partial charge >= 0.3 is 5.97 Å². The van der Waals surface area contributed by atoms with Gasteiger partial charge in [0.15, 0.2) is 0 Å². The Labute approximate surface area is 119 Å². The van der Waals surface area contributed by atoms with E-state index < -0.39 is 5.97 Å². The summed E-state index contributed by atoms with van der Waals surface area (Å²) in [6.45, 7) is 0. The molecule has 0 saturated heterocycles. The van der Waals surface area contributed by atoms with Crippen molar-refractivity contribution in [3.63, 3.8) is 0 Å². The normalized spacial score (nSPS) is 11.0. The third-order valence-corrected chi connectivity index (χ3v) is 3.49. The number of imidazole rings is 1. The summed E-state index contributed by atoms with van der Waals surface area (Å²) in [7, 11) is 0. The van der Waals surface area contributed by atoms with E-state index in [1.165, 1.54) is 12.8 Å². The van der Waals surface area contributed by atoms with Gasteiger partial charge in [-0.25, -0.2) is 4.98 Å². The van der Waals surface area contributed by atoms with Crippen LogP contribution in [0.3, 0.4) is 0 Å². The van der Waals surface area contributed by atoms with Crippen LogP contribution in [0.25, 0.3) is 11.0 Å². The summed E-state index contributed by atoms with van der Waals surface area (Å²) < 4.78 is 0. The highest BCUT2D eigenvalue weighted by Crippen LogP contribution is 2.13. The van der Waals surface area contributed by atoms with Crippen LogP contribution < -0.4 is 0 Å². The van der Waals surface area contributed by atoms with E-state index in [2.05, 4.69) is 9.97 Å². The Morgan fingerprint density at radius 2 is 1.75 bits per heavy atom. The second kappa shape index (κ2) is 7.68. The van der Waals surface area contributed by atoms with Crippen molar-refractivity contribution in [2.75, 3.05) is 0 Å². The van der Waals surface area contributed by atoms with Gasteiger partial charge in [0, 0.05) is 12.8 Å². The van der Waals surface area contributed by atoms with Crippen molar-refractivity contribution in [3.05, 3.63) is 30.1 Å². The molecule has 0 unspecified atom stereocenters. The molecule has 4 nitrogen and oxygen atoms in total. The molecule has 0 saturated carbocycles. The van der Waals surface area contributed by atoms with Crippen molar-refractivity contribution in [1.82, 2.24) is 9.97 Å². The maximum atomic E-state index is 10.4. The highest BCUT2D eigenvalue weighted by atomic mass is 16.4. The van der Waals surface area contributed by atoms with E-state index in [0.29, 0.717) is 6.42 Å². The molecule has 2 rings (SSSR count). The van der Waals surface area contributed by atoms with E-state index >= 15 is 0 Å². The van der Waals surface area contributed by atoms with Crippen LogP contribution in [0, 0.1) is 0 Å². The van der Waals surface area contributed by atoms with Gasteiger partial charge in [-0.2, -0.15) is 0 Å². The fourth-order valence-corrected chi connectivity index (χ4v) is 2.40. The van der Waals surface area contributed by atoms with Crippen LogP contribution in [0.15, 0.2) is 24.3 Å². The number of benzene rings is 1. The topological polar surface area (TPSA) is 66.0 Å². The Morgan fingerprint density at radius 3 is 2.50 bits per heavy atom. The molecule has 0 amide bonds. The summed E-state index contributed by atoms with van der Waals surface area (Å²) in [5.41, 5.74) is 2.15. The number of rotatable bonds is 9. The Balaban J connectivity index is 1.58. The van der Waals surface area contributed by atoms with Gasteiger partial charge in [-0.15, -0.1) is 0 Å². The van der Waals surface area contributed by atoms with Crippen molar-refractivity contribution < 1.29 is 9.90 Å². The first-order valence-corrected chi connectivity index (χ1v) is 7.41. The van der Waals surface area contributed by atoms with Crippen molar-refractivity contribution in [2.45, 2.75) is 51.4 Å². The predicted octanol–water partition coefficient (Wildman–Crippen LogP) is 3.92. The number of hydrogen-bond donors (Lipinski definition) is 2. The number of carbonyl (C=O) groups is 1. The number of unbranched alkanes of at least 4 members (excludes halogenated alkanes) is 5. The smallest absolute Gasteiger partial charge is 0.303 e. The summed E-state index contributed by atoms with van der Waals surface area (Å²) >= 11 is 0. The Kier molecular flexibility index (Phi) is 5.59. The van der Waals surface area contributed by atoms with Gasteiger partial charge in [0.25, 0.3) is 0 Å². The molecule has 1 aromatic carbocycles. The molecular formula is C16H22N2O2. The Bertz CT molecular complexity index is 515. The minimum atomic E-state index is -0.685. The standard InChI is InChI=1S/C16H22N2O2/c19-16(20)12-6-4-2-1-3-5-11-15-17-13-9-7-8-10-14(13)18-15/h7-10H,1-6,11-12H2,(H,17,18)(H,19,20). The third-order valence-electron chi connectivity index (χ3n) is 3.49. The average molecular weight is 274 g/mol. The summed E-state index contributed by atoms with van der Waals surface area (Å²) in [5.74, 6) is 0.381. The lowest BCUT2D eigenvalue weighted by molar-refractivity contribution is -0.137. The highest BCUT2D eigenvalue weighted by Gasteiger charge is 2.01. The molecule has 0 spiro atoms. The van der Waals surface area contributed by atoms with Gasteiger partial charge in [0.2, 0.25) is 0 Å². The van der Waals surface area contributed by atoms with Crippen LogP contribution in [0.2, 0.25) is 0 Å². The minimum absolute atomic E-state index is 0.305. The number of H-pyrrole nitrogens is 1. The zero-order valence-electron chi connectivity index (χ0n) is 11.8. The number of aryl methyl sites for hydroxylation is 1. The van der Waals surface area contributed by atoms with Crippen LogP contribution in [-0.2, 0) is 11.2 Å². The molecule has 2 aromatic rings. The average Bonchev–Trinajstić information content (AvgIpc) is 2.84. The molecular weight excluding hydrogens is 252 g/mol. The number of aromatic nitrogens is 2. The second-order valence-corrected chi connectivity index (χ2v) is 5.22. The zero-order valence-corrected chi connectivity index (χ0v) is 11.8. The summed E-state index contributed by atoms with van der Waals surface area (Å²) in [6, 6.07) is 8.09. The van der Waals surface area contributed by atoms with Crippen molar-refractivity contribution >= 4 is 17.0 Å². The summed E-state index contributed by atoms with van der Waals surface area (Å²) in [6.07, 6.45) is 7.76. The Morgan fingerprint density at radius 1 is 1.05 bits per heavy atom. The second-order valence-electron chi connectivity index (χ2n) is 5.22. The van der Waals surface area contributed by atoms with Crippen molar-refractivity contribution in [2.24, 2.45) is 0 Å². The lowest BCUT2D eigenvalue weighted by atomic mass is 10.1. The molecule has 4 heteroatoms. The van der Waals surface area contributed by atoms with E-state index in [4.69, 9.17) is 5.11 Å². The van der Waals surface area contributed by atoms with Gasteiger partial charge in [-0.05, 0) is 25.0 Å². The van der Waals surface area contributed by atoms with Crippen molar-refractivity contribution in [3.8, 4) is 0 Å². The molecule has 2 N–H and O–H groups in total. The predicted molar refractivity (Wildman–Crippen MR) is 79.8 cm³/mol. The first-order chi connectivity index (χ1) is 9.75.